The van der Waals surface area contributed by atoms with Crippen LogP contribution in [0.25, 0.3) is 0 Å². The maximum Gasteiger partial charge on any atom is 0.247 e. The molecule has 0 bridgehead atoms. The molecule has 1 fully saturated rings. The Balaban J connectivity index is 2.16. The van der Waals surface area contributed by atoms with Gasteiger partial charge in [-0.15, -0.1) is 0 Å². The number of aromatic nitrogens is 1. The first-order valence-corrected chi connectivity index (χ1v) is 7.15. The Labute approximate surface area is 121 Å². The summed E-state index contributed by atoms with van der Waals surface area (Å²) < 4.78 is 0. The molecule has 1 aromatic rings. The van der Waals surface area contributed by atoms with Crippen LogP contribution < -0.4 is 10.2 Å². The molecule has 1 N–H and O–H groups in total. The number of carbonyl (C=O) groups excluding carboxylic acids is 1. The maximum atomic E-state index is 12.3. The van der Waals surface area contributed by atoms with E-state index in [9.17, 15) is 4.79 Å². The van der Waals surface area contributed by atoms with Crippen LogP contribution in [-0.4, -0.2) is 48.0 Å². The van der Waals surface area contributed by atoms with Gasteiger partial charge in [-0.05, 0) is 32.0 Å². The minimum Gasteiger partial charge on any atom is -0.342 e. The lowest BCUT2D eigenvalue weighted by atomic mass is 9.98. The molecule has 0 radical (unpaired) electrons. The minimum absolute atomic E-state index is 0.141. The van der Waals surface area contributed by atoms with Gasteiger partial charge in [0.25, 0.3) is 0 Å². The number of nitrogens with zero attached hydrogens (tertiary/aromatic N) is 3. The van der Waals surface area contributed by atoms with Crippen molar-refractivity contribution >= 4 is 11.7 Å². The molecule has 0 saturated carbocycles. The van der Waals surface area contributed by atoms with Crippen LogP contribution in [0, 0.1) is 0 Å². The largest absolute Gasteiger partial charge is 0.342 e. The average molecular weight is 276 g/mol. The van der Waals surface area contributed by atoms with Gasteiger partial charge in [-0.3, -0.25) is 4.79 Å². The summed E-state index contributed by atoms with van der Waals surface area (Å²) >= 11 is 0. The minimum atomic E-state index is -0.539. The van der Waals surface area contributed by atoms with E-state index in [4.69, 9.17) is 0 Å². The van der Waals surface area contributed by atoms with Gasteiger partial charge in [0.15, 0.2) is 0 Å². The molecule has 2 heterocycles. The van der Waals surface area contributed by atoms with Gasteiger partial charge in [0.1, 0.15) is 11.4 Å². The van der Waals surface area contributed by atoms with Crippen molar-refractivity contribution in [2.45, 2.75) is 32.9 Å². The molecular formula is C15H24N4O. The van der Waals surface area contributed by atoms with Crippen molar-refractivity contribution in [3.05, 3.63) is 23.9 Å². The highest BCUT2D eigenvalue weighted by Crippen LogP contribution is 2.26. The predicted molar refractivity (Wildman–Crippen MR) is 80.7 cm³/mol. The summed E-state index contributed by atoms with van der Waals surface area (Å²) in [6.45, 7) is 9.33. The van der Waals surface area contributed by atoms with Crippen molar-refractivity contribution in [1.29, 1.82) is 0 Å². The molecule has 5 heteroatoms. The fourth-order valence-corrected chi connectivity index (χ4v) is 2.56. The van der Waals surface area contributed by atoms with Gasteiger partial charge < -0.3 is 15.1 Å². The Morgan fingerprint density at radius 2 is 2.10 bits per heavy atom. The Hall–Kier alpha value is -1.62. The van der Waals surface area contributed by atoms with E-state index < -0.39 is 5.54 Å². The number of likely N-dealkylation sites (N-methyl/N-ethyl adjacent to an activating group) is 1. The summed E-state index contributed by atoms with van der Waals surface area (Å²) in [7, 11) is 1.86. The van der Waals surface area contributed by atoms with E-state index in [2.05, 4.69) is 28.2 Å². The second-order valence-corrected chi connectivity index (χ2v) is 5.74. The number of hydrogen-bond acceptors (Lipinski definition) is 4. The van der Waals surface area contributed by atoms with E-state index in [0.717, 1.165) is 37.6 Å². The normalized spacial score (nSPS) is 18.5. The van der Waals surface area contributed by atoms with Crippen molar-refractivity contribution in [3.8, 4) is 0 Å². The van der Waals surface area contributed by atoms with E-state index in [1.807, 2.05) is 33.2 Å². The Morgan fingerprint density at radius 3 is 2.70 bits per heavy atom. The molecule has 0 spiro atoms. The first-order chi connectivity index (χ1) is 9.46. The van der Waals surface area contributed by atoms with E-state index in [1.54, 1.807) is 4.90 Å². The van der Waals surface area contributed by atoms with Crippen molar-refractivity contribution in [3.63, 3.8) is 0 Å². The number of rotatable bonds is 4. The van der Waals surface area contributed by atoms with Crippen LogP contribution in [0.3, 0.4) is 0 Å². The van der Waals surface area contributed by atoms with Gasteiger partial charge in [0, 0.05) is 32.9 Å². The molecule has 1 amide bonds. The van der Waals surface area contributed by atoms with Crippen LogP contribution in [-0.2, 0) is 11.3 Å². The third-order valence-electron chi connectivity index (χ3n) is 3.87. The quantitative estimate of drug-likeness (QED) is 0.899. The fraction of sp³-hybridized carbons (Fsp3) is 0.600. The first kappa shape index (κ1) is 14.8. The van der Waals surface area contributed by atoms with Crippen molar-refractivity contribution in [2.24, 2.45) is 0 Å². The van der Waals surface area contributed by atoms with Crippen molar-refractivity contribution in [2.75, 3.05) is 31.6 Å². The molecule has 1 saturated heterocycles. The number of piperazine rings is 1. The lowest BCUT2D eigenvalue weighted by molar-refractivity contribution is -0.136. The highest BCUT2D eigenvalue weighted by molar-refractivity contribution is 5.90. The molecule has 1 aromatic heterocycles. The first-order valence-electron chi connectivity index (χ1n) is 7.15. The standard InChI is InChI=1S/C15H24N4O/c1-5-16-10-12-6-7-13(17-11-12)19-9-8-18(4)14(20)15(19,2)3/h6-7,11,16H,5,8-10H2,1-4H3. The zero-order chi connectivity index (χ0) is 14.8. The fourth-order valence-electron chi connectivity index (χ4n) is 2.56. The molecule has 20 heavy (non-hydrogen) atoms. The van der Waals surface area contributed by atoms with Crippen LogP contribution >= 0.6 is 0 Å². The van der Waals surface area contributed by atoms with Crippen molar-refractivity contribution in [1.82, 2.24) is 15.2 Å². The predicted octanol–water partition coefficient (Wildman–Crippen LogP) is 1.25. The van der Waals surface area contributed by atoms with Crippen LogP contribution in [0.2, 0.25) is 0 Å². The second kappa shape index (κ2) is 5.79. The van der Waals surface area contributed by atoms with Crippen LogP contribution in [0.15, 0.2) is 18.3 Å². The molecule has 0 aliphatic carbocycles. The highest BCUT2D eigenvalue weighted by Gasteiger charge is 2.40. The molecular weight excluding hydrogens is 252 g/mol. The molecule has 0 aromatic carbocycles. The average Bonchev–Trinajstić information content (AvgIpc) is 2.44. The topological polar surface area (TPSA) is 48.5 Å². The van der Waals surface area contributed by atoms with Crippen LogP contribution in [0.5, 0.6) is 0 Å². The molecule has 1 aliphatic heterocycles. The van der Waals surface area contributed by atoms with Crippen LogP contribution in [0.1, 0.15) is 26.3 Å². The number of amides is 1. The van der Waals surface area contributed by atoms with Gasteiger partial charge in [-0.2, -0.15) is 0 Å². The lowest BCUT2D eigenvalue weighted by Gasteiger charge is -2.45. The molecule has 1 aliphatic rings. The Bertz CT molecular complexity index is 469. The van der Waals surface area contributed by atoms with Crippen molar-refractivity contribution < 1.29 is 4.79 Å². The second-order valence-electron chi connectivity index (χ2n) is 5.74. The Morgan fingerprint density at radius 1 is 1.35 bits per heavy atom. The molecule has 110 valence electrons. The van der Waals surface area contributed by atoms with E-state index >= 15 is 0 Å². The van der Waals surface area contributed by atoms with E-state index in [1.165, 1.54) is 0 Å². The Kier molecular flexibility index (Phi) is 4.28. The van der Waals surface area contributed by atoms with Gasteiger partial charge in [0.2, 0.25) is 5.91 Å². The van der Waals surface area contributed by atoms with Crippen LogP contribution in [0.4, 0.5) is 5.82 Å². The zero-order valence-electron chi connectivity index (χ0n) is 12.8. The summed E-state index contributed by atoms with van der Waals surface area (Å²) in [4.78, 5) is 20.7. The molecule has 2 rings (SSSR count). The van der Waals surface area contributed by atoms with E-state index in [0.29, 0.717) is 0 Å². The summed E-state index contributed by atoms with van der Waals surface area (Å²) in [6.07, 6.45) is 1.89. The molecule has 5 nitrogen and oxygen atoms in total. The SMILES string of the molecule is CCNCc1ccc(N2CCN(C)C(=O)C2(C)C)nc1. The summed E-state index contributed by atoms with van der Waals surface area (Å²) in [5.41, 5.74) is 0.622. The van der Waals surface area contributed by atoms with Gasteiger partial charge in [-0.25, -0.2) is 4.98 Å². The van der Waals surface area contributed by atoms with Gasteiger partial charge >= 0.3 is 0 Å². The summed E-state index contributed by atoms with van der Waals surface area (Å²) in [5, 5.41) is 3.28. The van der Waals surface area contributed by atoms with Gasteiger partial charge in [-0.1, -0.05) is 13.0 Å². The highest BCUT2D eigenvalue weighted by atomic mass is 16.2. The number of nitrogens with one attached hydrogen (secondary N) is 1. The lowest BCUT2D eigenvalue weighted by Crippen LogP contribution is -2.62. The maximum absolute atomic E-state index is 12.3. The summed E-state index contributed by atoms with van der Waals surface area (Å²) in [5.74, 6) is 1.01. The number of hydrogen-bond donors (Lipinski definition) is 1. The summed E-state index contributed by atoms with van der Waals surface area (Å²) in [6, 6.07) is 4.08. The third kappa shape index (κ3) is 2.77. The van der Waals surface area contributed by atoms with E-state index in [-0.39, 0.29) is 5.91 Å². The molecule has 0 atom stereocenters. The van der Waals surface area contributed by atoms with Gasteiger partial charge in [0.05, 0.1) is 0 Å². The number of pyridine rings is 1. The number of anilines is 1. The smallest absolute Gasteiger partial charge is 0.247 e. The monoisotopic (exact) mass is 276 g/mol. The number of carbonyl (C=O) groups is 1. The molecule has 0 unspecified atom stereocenters. The third-order valence-corrected chi connectivity index (χ3v) is 3.87. The zero-order valence-corrected chi connectivity index (χ0v) is 12.8.